The number of methoxy groups -OCH3 is 1. The van der Waals surface area contributed by atoms with Crippen molar-refractivity contribution < 1.29 is 13.9 Å². The zero-order valence-electron chi connectivity index (χ0n) is 10.1. The summed E-state index contributed by atoms with van der Waals surface area (Å²) in [7, 11) is 1.56. The molecule has 1 aromatic heterocycles. The first kappa shape index (κ1) is 11.5. The fourth-order valence-electron chi connectivity index (χ4n) is 1.81. The van der Waals surface area contributed by atoms with E-state index in [0.29, 0.717) is 23.7 Å². The third kappa shape index (κ3) is 2.11. The lowest BCUT2D eigenvalue weighted by molar-refractivity contribution is 0.339. The van der Waals surface area contributed by atoms with Crippen LogP contribution < -0.4 is 15.1 Å². The number of hydrogen-bond donors (Lipinski definition) is 0. The Kier molecular flexibility index (Phi) is 3.04. The van der Waals surface area contributed by atoms with Gasteiger partial charge >= 0.3 is 5.63 Å². The molecule has 0 spiro atoms. The summed E-state index contributed by atoms with van der Waals surface area (Å²) in [5.74, 6) is 1.28. The van der Waals surface area contributed by atoms with Gasteiger partial charge in [-0.3, -0.25) is 0 Å². The minimum Gasteiger partial charge on any atom is -0.496 e. The molecule has 1 heterocycles. The van der Waals surface area contributed by atoms with Crippen LogP contribution in [-0.4, -0.2) is 13.7 Å². The van der Waals surface area contributed by atoms with E-state index in [2.05, 4.69) is 0 Å². The van der Waals surface area contributed by atoms with E-state index in [0.717, 1.165) is 10.9 Å². The maximum absolute atomic E-state index is 11.3. The third-order valence-electron chi connectivity index (χ3n) is 2.51. The minimum absolute atomic E-state index is 0.370. The van der Waals surface area contributed by atoms with Crippen LogP contribution in [-0.2, 0) is 0 Å². The molecule has 0 radical (unpaired) electrons. The summed E-state index contributed by atoms with van der Waals surface area (Å²) in [4.78, 5) is 11.3. The van der Waals surface area contributed by atoms with E-state index in [1.165, 1.54) is 6.07 Å². The Labute approximate surface area is 98.8 Å². The first-order valence-electron chi connectivity index (χ1n) is 5.41. The number of benzene rings is 1. The highest BCUT2D eigenvalue weighted by Gasteiger charge is 2.11. The lowest BCUT2D eigenvalue weighted by atomic mass is 10.1. The average Bonchev–Trinajstić information content (AvgIpc) is 2.27. The van der Waals surface area contributed by atoms with Crippen molar-refractivity contribution in [1.29, 1.82) is 0 Å². The Morgan fingerprint density at radius 2 is 2.06 bits per heavy atom. The molecule has 1 aromatic carbocycles. The molecule has 2 rings (SSSR count). The van der Waals surface area contributed by atoms with Gasteiger partial charge in [0.15, 0.2) is 0 Å². The van der Waals surface area contributed by atoms with E-state index in [4.69, 9.17) is 13.9 Å². The molecule has 0 aliphatic rings. The largest absolute Gasteiger partial charge is 0.496 e. The van der Waals surface area contributed by atoms with E-state index in [1.54, 1.807) is 19.2 Å². The topological polar surface area (TPSA) is 48.7 Å². The number of hydrogen-bond acceptors (Lipinski definition) is 4. The Balaban J connectivity index is 2.80. The quantitative estimate of drug-likeness (QED) is 0.765. The van der Waals surface area contributed by atoms with Crippen LogP contribution >= 0.6 is 0 Å². The van der Waals surface area contributed by atoms with Gasteiger partial charge in [0.1, 0.15) is 17.1 Å². The maximum Gasteiger partial charge on any atom is 0.336 e. The SMILES string of the molecule is CCOc1cc(OC)cc2oc(=O)cc(C)c12. The Morgan fingerprint density at radius 3 is 2.71 bits per heavy atom. The number of aryl methyl sites for hydroxylation is 1. The van der Waals surface area contributed by atoms with Crippen LogP contribution in [0.1, 0.15) is 12.5 Å². The molecule has 90 valence electrons. The van der Waals surface area contributed by atoms with Crippen LogP contribution in [0.2, 0.25) is 0 Å². The second kappa shape index (κ2) is 4.49. The molecule has 0 aliphatic heterocycles. The molecule has 0 N–H and O–H groups in total. The van der Waals surface area contributed by atoms with Gasteiger partial charge in [-0.2, -0.15) is 0 Å². The standard InChI is InChI=1S/C13H14O4/c1-4-16-10-6-9(15-3)7-11-13(10)8(2)5-12(14)17-11/h5-7H,4H2,1-3H3. The van der Waals surface area contributed by atoms with Crippen molar-refractivity contribution >= 4 is 11.0 Å². The van der Waals surface area contributed by atoms with Crippen LogP contribution in [0.15, 0.2) is 27.4 Å². The molecule has 0 amide bonds. The van der Waals surface area contributed by atoms with Crippen molar-refractivity contribution in [3.05, 3.63) is 34.2 Å². The molecular formula is C13H14O4. The fourth-order valence-corrected chi connectivity index (χ4v) is 1.81. The summed E-state index contributed by atoms with van der Waals surface area (Å²) in [6.07, 6.45) is 0. The second-order valence-corrected chi connectivity index (χ2v) is 3.68. The van der Waals surface area contributed by atoms with Gasteiger partial charge in [0.2, 0.25) is 0 Å². The zero-order valence-corrected chi connectivity index (χ0v) is 10.1. The highest BCUT2D eigenvalue weighted by molar-refractivity contribution is 5.88. The average molecular weight is 234 g/mol. The van der Waals surface area contributed by atoms with Gasteiger partial charge < -0.3 is 13.9 Å². The van der Waals surface area contributed by atoms with Gasteiger partial charge in [0.25, 0.3) is 0 Å². The van der Waals surface area contributed by atoms with Gasteiger partial charge in [-0.05, 0) is 19.4 Å². The zero-order chi connectivity index (χ0) is 12.4. The first-order chi connectivity index (χ1) is 8.15. The third-order valence-corrected chi connectivity index (χ3v) is 2.51. The van der Waals surface area contributed by atoms with Crippen molar-refractivity contribution in [3.8, 4) is 11.5 Å². The molecule has 0 unspecified atom stereocenters. The van der Waals surface area contributed by atoms with Crippen molar-refractivity contribution in [2.24, 2.45) is 0 Å². The normalized spacial score (nSPS) is 10.5. The van der Waals surface area contributed by atoms with Gasteiger partial charge in [0, 0.05) is 18.2 Å². The Hall–Kier alpha value is -1.97. The molecule has 2 aromatic rings. The van der Waals surface area contributed by atoms with Crippen LogP contribution in [0.4, 0.5) is 0 Å². The molecule has 4 heteroatoms. The van der Waals surface area contributed by atoms with E-state index in [1.807, 2.05) is 13.8 Å². The second-order valence-electron chi connectivity index (χ2n) is 3.68. The van der Waals surface area contributed by atoms with Crippen LogP contribution in [0, 0.1) is 6.92 Å². The van der Waals surface area contributed by atoms with Gasteiger partial charge in [-0.15, -0.1) is 0 Å². The van der Waals surface area contributed by atoms with E-state index in [9.17, 15) is 4.79 Å². The van der Waals surface area contributed by atoms with Crippen molar-refractivity contribution in [2.75, 3.05) is 13.7 Å². The summed E-state index contributed by atoms with van der Waals surface area (Å²) in [6, 6.07) is 4.93. The Morgan fingerprint density at radius 1 is 1.29 bits per heavy atom. The lowest BCUT2D eigenvalue weighted by Gasteiger charge is -2.10. The number of ether oxygens (including phenoxy) is 2. The summed E-state index contributed by atoms with van der Waals surface area (Å²) in [6.45, 7) is 4.30. The molecule has 0 fully saturated rings. The molecule has 0 saturated heterocycles. The predicted octanol–water partition coefficient (Wildman–Crippen LogP) is 2.51. The molecule has 0 saturated carbocycles. The number of rotatable bonds is 3. The fraction of sp³-hybridized carbons (Fsp3) is 0.308. The monoisotopic (exact) mass is 234 g/mol. The van der Waals surface area contributed by atoms with Crippen LogP contribution in [0.25, 0.3) is 11.0 Å². The summed E-state index contributed by atoms with van der Waals surface area (Å²) in [5.41, 5.74) is 0.950. The molecular weight excluding hydrogens is 220 g/mol. The predicted molar refractivity (Wildman–Crippen MR) is 64.9 cm³/mol. The van der Waals surface area contributed by atoms with Crippen molar-refractivity contribution in [2.45, 2.75) is 13.8 Å². The highest BCUT2D eigenvalue weighted by Crippen LogP contribution is 2.32. The van der Waals surface area contributed by atoms with Crippen LogP contribution in [0.5, 0.6) is 11.5 Å². The van der Waals surface area contributed by atoms with E-state index in [-0.39, 0.29) is 5.63 Å². The summed E-state index contributed by atoms with van der Waals surface area (Å²) < 4.78 is 15.8. The molecule has 0 bridgehead atoms. The van der Waals surface area contributed by atoms with E-state index >= 15 is 0 Å². The maximum atomic E-state index is 11.3. The lowest BCUT2D eigenvalue weighted by Crippen LogP contribution is -2.01. The van der Waals surface area contributed by atoms with Crippen molar-refractivity contribution in [1.82, 2.24) is 0 Å². The summed E-state index contributed by atoms with van der Waals surface area (Å²) in [5, 5.41) is 0.812. The Bertz CT molecular complexity index is 598. The number of fused-ring (bicyclic) bond motifs is 1. The smallest absolute Gasteiger partial charge is 0.336 e. The molecule has 0 aliphatic carbocycles. The molecule has 17 heavy (non-hydrogen) atoms. The summed E-state index contributed by atoms with van der Waals surface area (Å²) >= 11 is 0. The molecule has 4 nitrogen and oxygen atoms in total. The molecule has 0 atom stereocenters. The van der Waals surface area contributed by atoms with Crippen molar-refractivity contribution in [3.63, 3.8) is 0 Å². The first-order valence-corrected chi connectivity index (χ1v) is 5.41. The van der Waals surface area contributed by atoms with Gasteiger partial charge in [-0.25, -0.2) is 4.79 Å². The van der Waals surface area contributed by atoms with Gasteiger partial charge in [-0.1, -0.05) is 0 Å². The van der Waals surface area contributed by atoms with Gasteiger partial charge in [0.05, 0.1) is 19.1 Å². The minimum atomic E-state index is -0.370. The van der Waals surface area contributed by atoms with E-state index < -0.39 is 0 Å². The van der Waals surface area contributed by atoms with Crippen LogP contribution in [0.3, 0.4) is 0 Å². The highest BCUT2D eigenvalue weighted by atomic mass is 16.5.